The molecule has 0 aliphatic carbocycles. The van der Waals surface area contributed by atoms with Gasteiger partial charge in [-0.1, -0.05) is 66.2 Å². The molecule has 1 heterocycles. The third-order valence-corrected chi connectivity index (χ3v) is 6.30. The molecule has 4 aromatic rings. The summed E-state index contributed by atoms with van der Waals surface area (Å²) in [6, 6.07) is 22.2. The van der Waals surface area contributed by atoms with E-state index >= 15 is 0 Å². The average molecular weight is 418 g/mol. The van der Waals surface area contributed by atoms with Gasteiger partial charge < -0.3 is 0 Å². The Kier molecular flexibility index (Phi) is 5.18. The Hall–Kier alpha value is -3.38. The first-order valence-electron chi connectivity index (χ1n) is 9.66. The first-order valence-corrected chi connectivity index (χ1v) is 11.1. The highest BCUT2D eigenvalue weighted by Gasteiger charge is 2.21. The average Bonchev–Trinajstić information content (AvgIpc) is 3.11. The van der Waals surface area contributed by atoms with Crippen molar-refractivity contribution in [3.63, 3.8) is 0 Å². The van der Waals surface area contributed by atoms with Gasteiger partial charge in [0.25, 0.3) is 10.0 Å². The molecule has 0 aliphatic heterocycles. The van der Waals surface area contributed by atoms with Crippen molar-refractivity contribution < 1.29 is 8.42 Å². The number of aromatic nitrogens is 2. The van der Waals surface area contributed by atoms with Crippen LogP contribution in [0, 0.1) is 20.8 Å². The Balaban J connectivity index is 1.86. The number of hydrogen-bond donors (Lipinski definition) is 1. The number of nitrogens with zero attached hydrogens (tertiary/aromatic N) is 2. The maximum atomic E-state index is 12.9. The normalized spacial score (nSPS) is 11.4. The summed E-state index contributed by atoms with van der Waals surface area (Å²) in [5.41, 5.74) is 5.88. The molecule has 1 N–H and O–H groups in total. The molecule has 0 radical (unpaired) electrons. The molecule has 0 bridgehead atoms. The van der Waals surface area contributed by atoms with E-state index in [9.17, 15) is 8.42 Å². The molecule has 0 unspecified atom stereocenters. The molecule has 0 aliphatic rings. The van der Waals surface area contributed by atoms with Crippen LogP contribution < -0.4 is 4.72 Å². The molecule has 30 heavy (non-hydrogen) atoms. The molecule has 0 saturated heterocycles. The van der Waals surface area contributed by atoms with Gasteiger partial charge in [-0.2, -0.15) is 0 Å². The van der Waals surface area contributed by atoms with Crippen LogP contribution in [0.5, 0.6) is 0 Å². The lowest BCUT2D eigenvalue weighted by molar-refractivity contribution is 0.601. The predicted molar refractivity (Wildman–Crippen MR) is 120 cm³/mol. The zero-order chi connectivity index (χ0) is 21.3. The van der Waals surface area contributed by atoms with Gasteiger partial charge in [0.2, 0.25) is 0 Å². The summed E-state index contributed by atoms with van der Waals surface area (Å²) in [6.07, 6.45) is 1.88. The lowest BCUT2D eigenvalue weighted by atomic mass is 10.1. The quantitative estimate of drug-likeness (QED) is 0.481. The number of benzene rings is 3. The molecule has 152 valence electrons. The monoisotopic (exact) mass is 417 g/mol. The highest BCUT2D eigenvalue weighted by atomic mass is 32.2. The second-order valence-corrected chi connectivity index (χ2v) is 9.05. The number of anilines is 1. The molecule has 4 rings (SSSR count). The van der Waals surface area contributed by atoms with Crippen LogP contribution in [0.25, 0.3) is 16.8 Å². The van der Waals surface area contributed by atoms with Gasteiger partial charge in [-0.3, -0.25) is 4.72 Å². The Bertz CT molecular complexity index is 1270. The van der Waals surface area contributed by atoms with Gasteiger partial charge in [0.1, 0.15) is 0 Å². The molecule has 1 aromatic heterocycles. The number of aryl methyl sites for hydroxylation is 3. The van der Waals surface area contributed by atoms with Gasteiger partial charge in [0, 0.05) is 11.8 Å². The summed E-state index contributed by atoms with van der Waals surface area (Å²) in [5, 5.41) is 4.65. The zero-order valence-corrected chi connectivity index (χ0v) is 17.9. The summed E-state index contributed by atoms with van der Waals surface area (Å²) in [5.74, 6) is 0.296. The van der Waals surface area contributed by atoms with Crippen LogP contribution in [0.2, 0.25) is 0 Å². The van der Waals surface area contributed by atoms with Crippen LogP contribution in [-0.4, -0.2) is 18.2 Å². The molecule has 0 spiro atoms. The molecule has 5 nitrogen and oxygen atoms in total. The minimum absolute atomic E-state index is 0.196. The zero-order valence-electron chi connectivity index (χ0n) is 17.1. The van der Waals surface area contributed by atoms with E-state index in [1.165, 1.54) is 5.56 Å². The maximum absolute atomic E-state index is 12.9. The highest BCUT2D eigenvalue weighted by Crippen LogP contribution is 2.31. The molecule has 0 saturated carbocycles. The minimum Gasteiger partial charge on any atom is -0.261 e. The topological polar surface area (TPSA) is 64.0 Å². The van der Waals surface area contributed by atoms with Crippen LogP contribution in [0.4, 0.5) is 5.82 Å². The summed E-state index contributed by atoms with van der Waals surface area (Å²) in [4.78, 5) is 0.196. The summed E-state index contributed by atoms with van der Waals surface area (Å²) >= 11 is 0. The lowest BCUT2D eigenvalue weighted by Gasteiger charge is -2.11. The van der Waals surface area contributed by atoms with E-state index in [4.69, 9.17) is 0 Å². The Morgan fingerprint density at radius 3 is 2.00 bits per heavy atom. The van der Waals surface area contributed by atoms with Crippen molar-refractivity contribution in [1.29, 1.82) is 0 Å². The van der Waals surface area contributed by atoms with Crippen LogP contribution in [0.1, 0.15) is 16.7 Å². The van der Waals surface area contributed by atoms with Crippen LogP contribution in [-0.2, 0) is 10.0 Å². The van der Waals surface area contributed by atoms with Crippen molar-refractivity contribution in [2.24, 2.45) is 0 Å². The van der Waals surface area contributed by atoms with Crippen LogP contribution in [0.3, 0.4) is 0 Å². The van der Waals surface area contributed by atoms with Crippen molar-refractivity contribution in [3.8, 4) is 16.8 Å². The van der Waals surface area contributed by atoms with Crippen molar-refractivity contribution >= 4 is 15.8 Å². The van der Waals surface area contributed by atoms with E-state index in [0.29, 0.717) is 5.82 Å². The van der Waals surface area contributed by atoms with E-state index in [1.54, 1.807) is 35.0 Å². The summed E-state index contributed by atoms with van der Waals surface area (Å²) in [6.45, 7) is 6.13. The fourth-order valence-corrected chi connectivity index (χ4v) is 4.75. The van der Waals surface area contributed by atoms with E-state index in [1.807, 2.05) is 50.4 Å². The predicted octanol–water partition coefficient (Wildman–Crippen LogP) is 5.27. The molecule has 6 heteroatoms. The molecule has 0 fully saturated rings. The summed E-state index contributed by atoms with van der Waals surface area (Å²) in [7, 11) is -3.77. The van der Waals surface area contributed by atoms with Crippen molar-refractivity contribution in [2.45, 2.75) is 25.7 Å². The van der Waals surface area contributed by atoms with Crippen molar-refractivity contribution in [3.05, 3.63) is 95.7 Å². The minimum atomic E-state index is -3.77. The van der Waals surface area contributed by atoms with Crippen molar-refractivity contribution in [2.75, 3.05) is 4.72 Å². The lowest BCUT2D eigenvalue weighted by Crippen LogP contribution is -2.14. The van der Waals surface area contributed by atoms with Gasteiger partial charge >= 0.3 is 0 Å². The van der Waals surface area contributed by atoms with E-state index in [-0.39, 0.29) is 4.90 Å². The first-order chi connectivity index (χ1) is 14.3. The molecule has 0 amide bonds. The third kappa shape index (κ3) is 3.86. The Labute approximate surface area is 177 Å². The van der Waals surface area contributed by atoms with Crippen LogP contribution in [0.15, 0.2) is 83.9 Å². The number of rotatable bonds is 5. The van der Waals surface area contributed by atoms with Gasteiger partial charge in [-0.05, 0) is 49.6 Å². The van der Waals surface area contributed by atoms with Gasteiger partial charge in [-0.25, -0.2) is 13.1 Å². The molecular formula is C24H23N3O2S. The Morgan fingerprint density at radius 2 is 1.40 bits per heavy atom. The third-order valence-electron chi connectivity index (χ3n) is 4.95. The number of nitrogens with one attached hydrogen (secondary N) is 1. The fourth-order valence-electron chi connectivity index (χ4n) is 3.71. The molecular weight excluding hydrogens is 394 g/mol. The standard InChI is InChI=1S/C24H23N3O2S/c1-17-14-18(2)23(19(3)15-17)27-16-22(20-10-6-4-7-11-20)24(25-27)26-30(28,29)21-12-8-5-9-13-21/h4-16H,1-3H3,(H,25,26). The SMILES string of the molecule is Cc1cc(C)c(-n2cc(-c3ccccc3)c(NS(=O)(=O)c3ccccc3)n2)c(C)c1. The molecule has 0 atom stereocenters. The Morgan fingerprint density at radius 1 is 0.833 bits per heavy atom. The van der Waals surface area contributed by atoms with E-state index < -0.39 is 10.0 Å². The fraction of sp³-hybridized carbons (Fsp3) is 0.125. The van der Waals surface area contributed by atoms with Gasteiger partial charge in [-0.15, -0.1) is 5.10 Å². The maximum Gasteiger partial charge on any atom is 0.263 e. The van der Waals surface area contributed by atoms with E-state index in [2.05, 4.69) is 28.9 Å². The summed E-state index contributed by atoms with van der Waals surface area (Å²) < 4.78 is 30.3. The highest BCUT2D eigenvalue weighted by molar-refractivity contribution is 7.92. The van der Waals surface area contributed by atoms with E-state index in [0.717, 1.165) is 27.9 Å². The first kappa shape index (κ1) is 19.9. The number of hydrogen-bond acceptors (Lipinski definition) is 3. The second kappa shape index (κ2) is 7.80. The van der Waals surface area contributed by atoms with Gasteiger partial charge in [0.05, 0.1) is 10.6 Å². The molecule has 3 aromatic carbocycles. The van der Waals surface area contributed by atoms with Crippen LogP contribution >= 0.6 is 0 Å². The van der Waals surface area contributed by atoms with Gasteiger partial charge in [0.15, 0.2) is 5.82 Å². The second-order valence-electron chi connectivity index (χ2n) is 7.37. The largest absolute Gasteiger partial charge is 0.263 e. The smallest absolute Gasteiger partial charge is 0.261 e. The number of sulfonamides is 1. The van der Waals surface area contributed by atoms with Crippen molar-refractivity contribution in [1.82, 2.24) is 9.78 Å².